The van der Waals surface area contributed by atoms with Gasteiger partial charge in [0.25, 0.3) is 0 Å². The zero-order valence-corrected chi connectivity index (χ0v) is 11.9. The van der Waals surface area contributed by atoms with Crippen molar-refractivity contribution in [2.24, 2.45) is 0 Å². The lowest BCUT2D eigenvalue weighted by molar-refractivity contribution is 0.415. The van der Waals surface area contributed by atoms with Crippen LogP contribution in [0.4, 0.5) is 5.69 Å². The summed E-state index contributed by atoms with van der Waals surface area (Å²) in [4.78, 5) is 5.59. The fourth-order valence-corrected chi connectivity index (χ4v) is 2.89. The van der Waals surface area contributed by atoms with Crippen LogP contribution < -0.4 is 10.5 Å². The Balaban J connectivity index is 2.01. The molecule has 0 unspecified atom stereocenters. The van der Waals surface area contributed by atoms with E-state index in [1.165, 1.54) is 0 Å². The van der Waals surface area contributed by atoms with Crippen LogP contribution in [0.5, 0.6) is 5.75 Å². The van der Waals surface area contributed by atoms with Crippen molar-refractivity contribution in [2.45, 2.75) is 9.92 Å². The molecule has 20 heavy (non-hydrogen) atoms. The van der Waals surface area contributed by atoms with E-state index in [1.807, 2.05) is 54.7 Å². The number of fused-ring (bicyclic) bond motifs is 1. The van der Waals surface area contributed by atoms with Crippen molar-refractivity contribution < 1.29 is 4.74 Å². The van der Waals surface area contributed by atoms with Crippen LogP contribution in [0.2, 0.25) is 0 Å². The Bertz CT molecular complexity index is 741. The van der Waals surface area contributed by atoms with Crippen LogP contribution in [0.1, 0.15) is 0 Å². The van der Waals surface area contributed by atoms with Crippen LogP contribution in [0, 0.1) is 0 Å². The standard InChI is InChI=1S/C16H14N2OS/c1-19-13-4-7-15-11(10-13)8-9-18-16(15)20-14-5-2-12(17)3-6-14/h2-10H,17H2,1H3. The molecule has 0 fully saturated rings. The van der Waals surface area contributed by atoms with Gasteiger partial charge in [0.15, 0.2) is 0 Å². The van der Waals surface area contributed by atoms with Crippen LogP contribution in [0.15, 0.2) is 64.6 Å². The number of anilines is 1. The van der Waals surface area contributed by atoms with Gasteiger partial charge in [-0.15, -0.1) is 0 Å². The molecule has 0 radical (unpaired) electrons. The lowest BCUT2D eigenvalue weighted by Gasteiger charge is -2.07. The van der Waals surface area contributed by atoms with Crippen LogP contribution in [-0.2, 0) is 0 Å². The molecular weight excluding hydrogens is 268 g/mol. The molecule has 3 nitrogen and oxygen atoms in total. The molecule has 0 amide bonds. The van der Waals surface area contributed by atoms with Gasteiger partial charge >= 0.3 is 0 Å². The number of methoxy groups -OCH3 is 1. The molecule has 1 aromatic heterocycles. The smallest absolute Gasteiger partial charge is 0.119 e. The van der Waals surface area contributed by atoms with Crippen molar-refractivity contribution in [2.75, 3.05) is 12.8 Å². The summed E-state index contributed by atoms with van der Waals surface area (Å²) in [6, 6.07) is 15.8. The second kappa shape index (κ2) is 5.43. The summed E-state index contributed by atoms with van der Waals surface area (Å²) in [7, 11) is 1.67. The van der Waals surface area contributed by atoms with E-state index in [-0.39, 0.29) is 0 Å². The lowest BCUT2D eigenvalue weighted by atomic mass is 10.2. The molecule has 2 aromatic carbocycles. The summed E-state index contributed by atoms with van der Waals surface area (Å²) in [5.74, 6) is 0.854. The minimum absolute atomic E-state index is 0.768. The number of hydrogen-bond donors (Lipinski definition) is 1. The van der Waals surface area contributed by atoms with Gasteiger partial charge in [-0.25, -0.2) is 4.98 Å². The van der Waals surface area contributed by atoms with Crippen LogP contribution >= 0.6 is 11.8 Å². The topological polar surface area (TPSA) is 48.1 Å². The van der Waals surface area contributed by atoms with Crippen LogP contribution in [0.3, 0.4) is 0 Å². The first kappa shape index (κ1) is 12.8. The number of rotatable bonds is 3. The molecule has 0 bridgehead atoms. The van der Waals surface area contributed by atoms with Crippen molar-refractivity contribution in [1.82, 2.24) is 4.98 Å². The molecule has 100 valence electrons. The van der Waals surface area contributed by atoms with Gasteiger partial charge in [-0.3, -0.25) is 0 Å². The first-order chi connectivity index (χ1) is 9.76. The maximum atomic E-state index is 5.70. The van der Waals surface area contributed by atoms with E-state index in [9.17, 15) is 0 Å². The predicted octanol–water partition coefficient (Wildman–Crippen LogP) is 3.98. The molecule has 0 spiro atoms. The minimum Gasteiger partial charge on any atom is -0.497 e. The molecule has 2 N–H and O–H groups in total. The Morgan fingerprint density at radius 1 is 1.05 bits per heavy atom. The third-order valence-corrected chi connectivity index (χ3v) is 4.06. The van der Waals surface area contributed by atoms with Gasteiger partial charge in [0.05, 0.1) is 7.11 Å². The zero-order valence-electron chi connectivity index (χ0n) is 11.0. The SMILES string of the molecule is COc1ccc2c(Sc3ccc(N)cc3)nccc2c1. The maximum absolute atomic E-state index is 5.70. The van der Waals surface area contributed by atoms with E-state index < -0.39 is 0 Å². The van der Waals surface area contributed by atoms with Crippen LogP contribution in [-0.4, -0.2) is 12.1 Å². The third-order valence-electron chi connectivity index (χ3n) is 3.03. The Morgan fingerprint density at radius 2 is 1.85 bits per heavy atom. The van der Waals surface area contributed by atoms with Gasteiger partial charge in [-0.2, -0.15) is 0 Å². The van der Waals surface area contributed by atoms with E-state index in [4.69, 9.17) is 10.5 Å². The van der Waals surface area contributed by atoms with Gasteiger partial charge in [-0.1, -0.05) is 11.8 Å². The molecule has 3 rings (SSSR count). The number of nitrogen functional groups attached to an aromatic ring is 1. The highest BCUT2D eigenvalue weighted by Gasteiger charge is 2.05. The Hall–Kier alpha value is -2.20. The number of benzene rings is 2. The molecule has 1 heterocycles. The monoisotopic (exact) mass is 282 g/mol. The number of aromatic nitrogens is 1. The second-order valence-corrected chi connectivity index (χ2v) is 5.44. The molecule has 0 saturated heterocycles. The average molecular weight is 282 g/mol. The van der Waals surface area contributed by atoms with E-state index in [0.29, 0.717) is 0 Å². The summed E-state index contributed by atoms with van der Waals surface area (Å²) >= 11 is 1.63. The summed E-state index contributed by atoms with van der Waals surface area (Å²) in [5, 5.41) is 3.22. The molecule has 0 aliphatic heterocycles. The van der Waals surface area contributed by atoms with Gasteiger partial charge in [-0.05, 0) is 53.9 Å². The largest absolute Gasteiger partial charge is 0.497 e. The quantitative estimate of drug-likeness (QED) is 0.738. The molecule has 0 saturated carbocycles. The van der Waals surface area contributed by atoms with Crippen molar-refractivity contribution >= 4 is 28.2 Å². The molecule has 0 aliphatic rings. The van der Waals surface area contributed by atoms with Crippen molar-refractivity contribution in [3.63, 3.8) is 0 Å². The van der Waals surface area contributed by atoms with E-state index in [1.54, 1.807) is 18.9 Å². The lowest BCUT2D eigenvalue weighted by Crippen LogP contribution is -1.87. The normalized spacial score (nSPS) is 10.7. The fraction of sp³-hybridized carbons (Fsp3) is 0.0625. The van der Waals surface area contributed by atoms with Crippen molar-refractivity contribution in [1.29, 1.82) is 0 Å². The van der Waals surface area contributed by atoms with Crippen LogP contribution in [0.25, 0.3) is 10.8 Å². The molecule has 4 heteroatoms. The number of pyridine rings is 1. The Kier molecular flexibility index (Phi) is 3.48. The number of hydrogen-bond acceptors (Lipinski definition) is 4. The first-order valence-electron chi connectivity index (χ1n) is 6.22. The number of ether oxygens (including phenoxy) is 1. The highest BCUT2D eigenvalue weighted by molar-refractivity contribution is 7.99. The minimum atomic E-state index is 0.768. The van der Waals surface area contributed by atoms with E-state index in [2.05, 4.69) is 4.98 Å². The van der Waals surface area contributed by atoms with E-state index in [0.717, 1.165) is 32.1 Å². The van der Waals surface area contributed by atoms with Crippen molar-refractivity contribution in [3.8, 4) is 5.75 Å². The summed E-state index contributed by atoms with van der Waals surface area (Å²) in [5.41, 5.74) is 6.47. The van der Waals surface area contributed by atoms with Gasteiger partial charge in [0.1, 0.15) is 10.8 Å². The van der Waals surface area contributed by atoms with Gasteiger partial charge in [0.2, 0.25) is 0 Å². The predicted molar refractivity (Wildman–Crippen MR) is 83.3 cm³/mol. The molecule has 0 atom stereocenters. The average Bonchev–Trinajstić information content (AvgIpc) is 2.49. The second-order valence-electron chi connectivity index (χ2n) is 4.37. The van der Waals surface area contributed by atoms with Gasteiger partial charge in [0, 0.05) is 22.2 Å². The van der Waals surface area contributed by atoms with Crippen molar-refractivity contribution in [3.05, 3.63) is 54.7 Å². The summed E-state index contributed by atoms with van der Waals surface area (Å²) < 4.78 is 5.25. The third kappa shape index (κ3) is 2.56. The Morgan fingerprint density at radius 3 is 2.60 bits per heavy atom. The molecule has 3 aromatic rings. The van der Waals surface area contributed by atoms with E-state index >= 15 is 0 Å². The summed E-state index contributed by atoms with van der Waals surface area (Å²) in [6.07, 6.45) is 1.82. The Labute approximate surface area is 121 Å². The molecule has 0 aliphatic carbocycles. The maximum Gasteiger partial charge on any atom is 0.119 e. The zero-order chi connectivity index (χ0) is 13.9. The molecular formula is C16H14N2OS. The number of nitrogens with two attached hydrogens (primary N) is 1. The highest BCUT2D eigenvalue weighted by Crippen LogP contribution is 2.33. The fourth-order valence-electron chi connectivity index (χ4n) is 1.98. The highest BCUT2D eigenvalue weighted by atomic mass is 32.2. The first-order valence-corrected chi connectivity index (χ1v) is 7.04. The number of nitrogens with zero attached hydrogens (tertiary/aromatic N) is 1. The van der Waals surface area contributed by atoms with Gasteiger partial charge < -0.3 is 10.5 Å². The summed E-state index contributed by atoms with van der Waals surface area (Å²) in [6.45, 7) is 0.